The molecule has 0 saturated heterocycles. The highest BCUT2D eigenvalue weighted by Crippen LogP contribution is 1.84. The third-order valence-corrected chi connectivity index (χ3v) is 0.628. The molecule has 1 unspecified atom stereocenters. The molecule has 3 nitrogen and oxygen atoms in total. The van der Waals surface area contributed by atoms with Crippen LogP contribution >= 0.6 is 0 Å². The Balaban J connectivity index is 3.33. The molecule has 48 valence electrons. The Labute approximate surface area is 48.3 Å². The van der Waals surface area contributed by atoms with E-state index in [-0.39, 0.29) is 0 Å². The lowest BCUT2D eigenvalue weighted by molar-refractivity contribution is -0.151. The molecule has 3 heteroatoms. The first-order valence-corrected chi connectivity index (χ1v) is 2.53. The summed E-state index contributed by atoms with van der Waals surface area (Å²) in [5, 5.41) is 8.48. The minimum Gasteiger partial charge on any atom is -0.464 e. The SMILES string of the molecule is C[13CH2]OC(=O)C(C)O. The molecule has 8 heavy (non-hydrogen) atoms. The van der Waals surface area contributed by atoms with Crippen LogP contribution in [-0.4, -0.2) is 23.8 Å². The van der Waals surface area contributed by atoms with Crippen LogP contribution in [0.25, 0.3) is 0 Å². The summed E-state index contributed by atoms with van der Waals surface area (Å²) in [5.74, 6) is -0.562. The molecular weight excluding hydrogens is 109 g/mol. The fraction of sp³-hybridized carbons (Fsp3) is 0.800. The normalized spacial score (nSPS) is 12.9. The summed E-state index contributed by atoms with van der Waals surface area (Å²) in [4.78, 5) is 10.3. The van der Waals surface area contributed by atoms with Crippen LogP contribution in [0.15, 0.2) is 0 Å². The van der Waals surface area contributed by atoms with Gasteiger partial charge in [-0.1, -0.05) is 0 Å². The van der Waals surface area contributed by atoms with E-state index in [1.165, 1.54) is 6.92 Å². The molecule has 0 amide bonds. The average molecular weight is 119 g/mol. The smallest absolute Gasteiger partial charge is 0.334 e. The second kappa shape index (κ2) is 3.43. The highest BCUT2D eigenvalue weighted by molar-refractivity contribution is 5.73. The fourth-order valence-corrected chi connectivity index (χ4v) is 0.263. The summed E-state index contributed by atoms with van der Waals surface area (Å²) in [5.41, 5.74) is 0. The van der Waals surface area contributed by atoms with Crippen molar-refractivity contribution in [2.24, 2.45) is 0 Å². The predicted octanol–water partition coefficient (Wildman–Crippen LogP) is -0.0697. The second-order valence-corrected chi connectivity index (χ2v) is 1.43. The quantitative estimate of drug-likeness (QED) is 0.409. The van der Waals surface area contributed by atoms with E-state index < -0.39 is 12.1 Å². The van der Waals surface area contributed by atoms with Gasteiger partial charge in [0, 0.05) is 0 Å². The molecule has 1 N–H and O–H groups in total. The van der Waals surface area contributed by atoms with Gasteiger partial charge in [0.15, 0.2) is 0 Å². The first-order chi connectivity index (χ1) is 3.68. The molecule has 0 aliphatic carbocycles. The van der Waals surface area contributed by atoms with E-state index in [0.717, 1.165) is 0 Å². The number of hydrogen-bond acceptors (Lipinski definition) is 3. The Hall–Kier alpha value is -0.570. The van der Waals surface area contributed by atoms with Gasteiger partial charge in [-0.2, -0.15) is 0 Å². The van der Waals surface area contributed by atoms with E-state index in [1.807, 2.05) is 0 Å². The van der Waals surface area contributed by atoms with Gasteiger partial charge in [-0.15, -0.1) is 0 Å². The van der Waals surface area contributed by atoms with Crippen LogP contribution in [0.5, 0.6) is 0 Å². The third kappa shape index (κ3) is 2.58. The molecule has 0 aromatic heterocycles. The zero-order valence-corrected chi connectivity index (χ0v) is 5.05. The first kappa shape index (κ1) is 7.43. The summed E-state index contributed by atoms with van der Waals surface area (Å²) in [6.45, 7) is 3.39. The molecule has 0 heterocycles. The lowest BCUT2D eigenvalue weighted by Gasteiger charge is -2.01. The Kier molecular flexibility index (Phi) is 3.19. The van der Waals surface area contributed by atoms with Crippen molar-refractivity contribution in [3.63, 3.8) is 0 Å². The van der Waals surface area contributed by atoms with Crippen LogP contribution in [0, 0.1) is 0 Å². The van der Waals surface area contributed by atoms with Crippen molar-refractivity contribution < 1.29 is 14.6 Å². The van der Waals surface area contributed by atoms with Crippen LogP contribution < -0.4 is 0 Å². The number of aliphatic hydroxyl groups excluding tert-OH is 1. The number of rotatable bonds is 2. The van der Waals surface area contributed by atoms with Crippen LogP contribution in [0.1, 0.15) is 13.8 Å². The summed E-state index contributed by atoms with van der Waals surface area (Å²) >= 11 is 0. The summed E-state index contributed by atoms with van der Waals surface area (Å²) in [6.07, 6.45) is -0.991. The molecule has 0 saturated carbocycles. The highest BCUT2D eigenvalue weighted by Gasteiger charge is 2.07. The number of hydrogen-bond donors (Lipinski definition) is 1. The molecule has 1 atom stereocenters. The molecule has 0 rings (SSSR count). The topological polar surface area (TPSA) is 46.5 Å². The number of ether oxygens (including phenoxy) is 1. The van der Waals surface area contributed by atoms with Gasteiger partial charge >= 0.3 is 5.97 Å². The van der Waals surface area contributed by atoms with E-state index in [9.17, 15) is 4.79 Å². The van der Waals surface area contributed by atoms with Gasteiger partial charge in [0.1, 0.15) is 6.10 Å². The zero-order chi connectivity index (χ0) is 6.57. The average Bonchev–Trinajstić information content (AvgIpc) is 1.67. The molecule has 0 spiro atoms. The molecular formula is C5H10O3. The number of esters is 1. The van der Waals surface area contributed by atoms with Crippen molar-refractivity contribution >= 4 is 5.97 Å². The molecule has 0 aromatic carbocycles. The minimum atomic E-state index is -0.991. The maximum Gasteiger partial charge on any atom is 0.334 e. The Bertz CT molecular complexity index is 77.7. The summed E-state index contributed by atoms with van der Waals surface area (Å²) in [6, 6.07) is 0. The molecule has 0 fully saturated rings. The van der Waals surface area contributed by atoms with Crippen molar-refractivity contribution in [1.82, 2.24) is 0 Å². The molecule has 0 aromatic rings. The van der Waals surface area contributed by atoms with Crippen molar-refractivity contribution in [3.8, 4) is 0 Å². The maximum atomic E-state index is 10.3. The largest absolute Gasteiger partial charge is 0.464 e. The number of carbonyl (C=O) groups is 1. The lowest BCUT2D eigenvalue weighted by atomic mass is 10.4. The van der Waals surface area contributed by atoms with Gasteiger partial charge in [0.2, 0.25) is 0 Å². The van der Waals surface area contributed by atoms with Crippen LogP contribution in [0.2, 0.25) is 0 Å². The van der Waals surface area contributed by atoms with Crippen molar-refractivity contribution in [3.05, 3.63) is 0 Å². The zero-order valence-electron chi connectivity index (χ0n) is 5.05. The summed E-state index contributed by atoms with van der Waals surface area (Å²) < 4.78 is 4.41. The van der Waals surface area contributed by atoms with Gasteiger partial charge < -0.3 is 9.84 Å². The van der Waals surface area contributed by atoms with E-state index in [4.69, 9.17) is 5.11 Å². The van der Waals surface area contributed by atoms with Crippen molar-refractivity contribution in [2.45, 2.75) is 20.0 Å². The monoisotopic (exact) mass is 119 g/mol. The van der Waals surface area contributed by atoms with Gasteiger partial charge in [-0.3, -0.25) is 0 Å². The Morgan fingerprint density at radius 3 is 2.50 bits per heavy atom. The van der Waals surface area contributed by atoms with E-state index in [0.29, 0.717) is 6.61 Å². The van der Waals surface area contributed by atoms with Crippen LogP contribution in [-0.2, 0) is 9.53 Å². The Morgan fingerprint density at radius 2 is 2.38 bits per heavy atom. The van der Waals surface area contributed by atoms with Crippen LogP contribution in [0.4, 0.5) is 0 Å². The number of aliphatic hydroxyl groups is 1. The van der Waals surface area contributed by atoms with E-state index in [1.54, 1.807) is 6.92 Å². The minimum absolute atomic E-state index is 0.323. The molecule has 0 bridgehead atoms. The van der Waals surface area contributed by atoms with E-state index >= 15 is 0 Å². The predicted molar refractivity (Wildman–Crippen MR) is 28.3 cm³/mol. The van der Waals surface area contributed by atoms with Gasteiger partial charge in [-0.25, -0.2) is 4.79 Å². The molecule has 0 aliphatic heterocycles. The third-order valence-electron chi connectivity index (χ3n) is 0.628. The van der Waals surface area contributed by atoms with Crippen molar-refractivity contribution in [1.29, 1.82) is 0 Å². The number of carbonyl (C=O) groups excluding carboxylic acids is 1. The fourth-order valence-electron chi connectivity index (χ4n) is 0.263. The maximum absolute atomic E-state index is 10.3. The highest BCUT2D eigenvalue weighted by atomic mass is 16.6. The standard InChI is InChI=1S/C5H10O3/c1-3-8-5(7)4(2)6/h4,6H,3H2,1-2H3/i3+1. The first-order valence-electron chi connectivity index (χ1n) is 2.53. The Morgan fingerprint density at radius 1 is 1.88 bits per heavy atom. The van der Waals surface area contributed by atoms with E-state index in [2.05, 4.69) is 4.74 Å². The van der Waals surface area contributed by atoms with Crippen molar-refractivity contribution in [2.75, 3.05) is 6.61 Å². The van der Waals surface area contributed by atoms with Gasteiger partial charge in [0.25, 0.3) is 0 Å². The van der Waals surface area contributed by atoms with Gasteiger partial charge in [0.05, 0.1) is 6.61 Å². The lowest BCUT2D eigenvalue weighted by Crippen LogP contribution is -2.18. The second-order valence-electron chi connectivity index (χ2n) is 1.43. The molecule has 0 aliphatic rings. The summed E-state index contributed by atoms with van der Waals surface area (Å²) in [7, 11) is 0. The van der Waals surface area contributed by atoms with Gasteiger partial charge in [-0.05, 0) is 13.8 Å². The van der Waals surface area contributed by atoms with Crippen LogP contribution in [0.3, 0.4) is 0 Å². The molecule has 0 radical (unpaired) electrons.